The number of hydrogen-bond donors (Lipinski definition) is 1. The van der Waals surface area contributed by atoms with Crippen LogP contribution >= 0.6 is 11.6 Å². The first-order valence-corrected chi connectivity index (χ1v) is 7.30. The van der Waals surface area contributed by atoms with E-state index < -0.39 is 0 Å². The summed E-state index contributed by atoms with van der Waals surface area (Å²) in [5.74, 6) is 1.20. The number of aromatic nitrogens is 1. The molecule has 0 unspecified atom stereocenters. The molecule has 0 amide bonds. The molecule has 1 heterocycles. The van der Waals surface area contributed by atoms with Crippen LogP contribution in [0, 0.1) is 0 Å². The highest BCUT2D eigenvalue weighted by atomic mass is 35.5. The summed E-state index contributed by atoms with van der Waals surface area (Å²) in [6.45, 7) is 0.417. The molecule has 2 aromatic rings. The first-order chi connectivity index (χ1) is 9.78. The number of benzene rings is 1. The first kappa shape index (κ1) is 13.4. The van der Waals surface area contributed by atoms with Crippen LogP contribution in [0.5, 0.6) is 11.6 Å². The Morgan fingerprint density at radius 2 is 2.00 bits per heavy atom. The van der Waals surface area contributed by atoms with Gasteiger partial charge in [-0.1, -0.05) is 23.7 Å². The van der Waals surface area contributed by atoms with Crippen molar-refractivity contribution in [2.45, 2.75) is 32.2 Å². The molecule has 0 atom stereocenters. The van der Waals surface area contributed by atoms with Gasteiger partial charge in [0.05, 0.1) is 5.02 Å². The van der Waals surface area contributed by atoms with E-state index in [4.69, 9.17) is 22.1 Å². The Morgan fingerprint density at radius 1 is 1.20 bits per heavy atom. The number of hydrogen-bond acceptors (Lipinski definition) is 3. The quantitative estimate of drug-likeness (QED) is 0.933. The number of aryl methyl sites for hydroxylation is 2. The van der Waals surface area contributed by atoms with Crippen molar-refractivity contribution in [3.63, 3.8) is 0 Å². The Balaban J connectivity index is 1.98. The fraction of sp³-hybridized carbons (Fsp3) is 0.312. The van der Waals surface area contributed by atoms with Gasteiger partial charge in [-0.25, -0.2) is 4.98 Å². The molecule has 20 heavy (non-hydrogen) atoms. The highest BCUT2D eigenvalue weighted by Crippen LogP contribution is 2.32. The van der Waals surface area contributed by atoms with Crippen molar-refractivity contribution >= 4 is 11.6 Å². The molecule has 1 aromatic heterocycles. The molecule has 0 fully saturated rings. The second-order valence-corrected chi connectivity index (χ2v) is 5.41. The van der Waals surface area contributed by atoms with Crippen molar-refractivity contribution < 1.29 is 4.74 Å². The maximum Gasteiger partial charge on any atom is 0.224 e. The molecule has 104 valence electrons. The monoisotopic (exact) mass is 288 g/mol. The van der Waals surface area contributed by atoms with Gasteiger partial charge in [0.2, 0.25) is 5.88 Å². The lowest BCUT2D eigenvalue weighted by Crippen LogP contribution is -2.10. The summed E-state index contributed by atoms with van der Waals surface area (Å²) in [5.41, 5.74) is 9.20. The molecule has 0 saturated carbocycles. The van der Waals surface area contributed by atoms with Crippen LogP contribution in [-0.2, 0) is 19.4 Å². The molecule has 3 rings (SSSR count). The van der Waals surface area contributed by atoms with Gasteiger partial charge >= 0.3 is 0 Å². The summed E-state index contributed by atoms with van der Waals surface area (Å²) in [6, 6.07) is 9.54. The fourth-order valence-electron chi connectivity index (χ4n) is 2.53. The standard InChI is InChI=1S/C16H17ClN2O/c17-13-6-2-4-8-15(13)20-16-12(10-18)9-11-5-1-3-7-14(11)19-16/h2,4,6,8-9H,1,3,5,7,10,18H2. The van der Waals surface area contributed by atoms with E-state index in [0.29, 0.717) is 23.2 Å². The Bertz CT molecular complexity index is 628. The SMILES string of the molecule is NCc1cc2c(nc1Oc1ccccc1Cl)CCCC2. The van der Waals surface area contributed by atoms with Gasteiger partial charge in [0.25, 0.3) is 0 Å². The molecule has 1 aliphatic carbocycles. The molecule has 1 aliphatic rings. The summed E-state index contributed by atoms with van der Waals surface area (Å²) in [4.78, 5) is 4.66. The van der Waals surface area contributed by atoms with Crippen LogP contribution in [-0.4, -0.2) is 4.98 Å². The zero-order valence-corrected chi connectivity index (χ0v) is 12.0. The third-order valence-electron chi connectivity index (χ3n) is 3.60. The van der Waals surface area contributed by atoms with Gasteiger partial charge < -0.3 is 10.5 Å². The molecule has 2 N–H and O–H groups in total. The molecular formula is C16H17ClN2O. The minimum absolute atomic E-state index is 0.417. The van der Waals surface area contributed by atoms with E-state index in [2.05, 4.69) is 11.1 Å². The predicted octanol–water partition coefficient (Wildman–Crippen LogP) is 3.86. The van der Waals surface area contributed by atoms with Crippen LogP contribution in [0.3, 0.4) is 0 Å². The molecule has 0 radical (unpaired) electrons. The third-order valence-corrected chi connectivity index (χ3v) is 3.92. The third kappa shape index (κ3) is 2.65. The first-order valence-electron chi connectivity index (χ1n) is 6.92. The number of ether oxygens (including phenoxy) is 1. The zero-order chi connectivity index (χ0) is 13.9. The van der Waals surface area contributed by atoms with Crippen molar-refractivity contribution in [1.82, 2.24) is 4.98 Å². The predicted molar refractivity (Wildman–Crippen MR) is 80.3 cm³/mol. The molecule has 0 bridgehead atoms. The highest BCUT2D eigenvalue weighted by molar-refractivity contribution is 6.32. The summed E-state index contributed by atoms with van der Waals surface area (Å²) in [5, 5.41) is 0.579. The van der Waals surface area contributed by atoms with E-state index in [1.807, 2.05) is 18.2 Å². The molecule has 4 heteroatoms. The molecular weight excluding hydrogens is 272 g/mol. The normalized spacial score (nSPS) is 13.9. The fourth-order valence-corrected chi connectivity index (χ4v) is 2.70. The van der Waals surface area contributed by atoms with Gasteiger partial charge in [-0.05, 0) is 49.4 Å². The van der Waals surface area contributed by atoms with Gasteiger partial charge in [-0.3, -0.25) is 0 Å². The van der Waals surface area contributed by atoms with Gasteiger partial charge in [0, 0.05) is 17.8 Å². The van der Waals surface area contributed by atoms with Crippen molar-refractivity contribution in [3.8, 4) is 11.6 Å². The molecule has 3 nitrogen and oxygen atoms in total. The van der Waals surface area contributed by atoms with Crippen molar-refractivity contribution in [2.24, 2.45) is 5.73 Å². The Hall–Kier alpha value is -1.58. The summed E-state index contributed by atoms with van der Waals surface area (Å²) in [6.07, 6.45) is 4.51. The number of halogens is 1. The van der Waals surface area contributed by atoms with E-state index in [0.717, 1.165) is 24.1 Å². The summed E-state index contributed by atoms with van der Waals surface area (Å²) < 4.78 is 5.87. The number of pyridine rings is 1. The number of para-hydroxylation sites is 1. The van der Waals surface area contributed by atoms with Gasteiger partial charge in [-0.2, -0.15) is 0 Å². The Labute approximate surface area is 123 Å². The van der Waals surface area contributed by atoms with E-state index >= 15 is 0 Å². The van der Waals surface area contributed by atoms with Gasteiger partial charge in [-0.15, -0.1) is 0 Å². The Kier molecular flexibility index (Phi) is 3.90. The van der Waals surface area contributed by atoms with Gasteiger partial charge in [0.1, 0.15) is 5.75 Å². The van der Waals surface area contributed by atoms with Crippen LogP contribution in [0.1, 0.15) is 29.7 Å². The van der Waals surface area contributed by atoms with Crippen LogP contribution < -0.4 is 10.5 Å². The lowest BCUT2D eigenvalue weighted by molar-refractivity contribution is 0.451. The van der Waals surface area contributed by atoms with E-state index in [-0.39, 0.29) is 0 Å². The van der Waals surface area contributed by atoms with Crippen LogP contribution in [0.2, 0.25) is 5.02 Å². The smallest absolute Gasteiger partial charge is 0.224 e. The van der Waals surface area contributed by atoms with E-state index in [1.54, 1.807) is 6.07 Å². The van der Waals surface area contributed by atoms with Crippen LogP contribution in [0.25, 0.3) is 0 Å². The van der Waals surface area contributed by atoms with Crippen LogP contribution in [0.4, 0.5) is 0 Å². The van der Waals surface area contributed by atoms with E-state index in [9.17, 15) is 0 Å². The maximum absolute atomic E-state index is 6.13. The van der Waals surface area contributed by atoms with Crippen molar-refractivity contribution in [3.05, 3.63) is 52.2 Å². The van der Waals surface area contributed by atoms with Crippen molar-refractivity contribution in [1.29, 1.82) is 0 Å². The second-order valence-electron chi connectivity index (χ2n) is 5.00. The number of nitrogens with zero attached hydrogens (tertiary/aromatic N) is 1. The largest absolute Gasteiger partial charge is 0.437 e. The van der Waals surface area contributed by atoms with E-state index in [1.165, 1.54) is 18.4 Å². The average molecular weight is 289 g/mol. The topological polar surface area (TPSA) is 48.1 Å². The average Bonchev–Trinajstić information content (AvgIpc) is 2.49. The van der Waals surface area contributed by atoms with Crippen molar-refractivity contribution in [2.75, 3.05) is 0 Å². The van der Waals surface area contributed by atoms with Gasteiger partial charge in [0.15, 0.2) is 0 Å². The molecule has 0 saturated heterocycles. The number of fused-ring (bicyclic) bond motifs is 1. The Morgan fingerprint density at radius 3 is 2.80 bits per heavy atom. The minimum Gasteiger partial charge on any atom is -0.437 e. The lowest BCUT2D eigenvalue weighted by atomic mass is 9.95. The molecule has 1 aromatic carbocycles. The molecule has 0 spiro atoms. The summed E-state index contributed by atoms with van der Waals surface area (Å²) in [7, 11) is 0. The second kappa shape index (κ2) is 5.81. The van der Waals surface area contributed by atoms with Crippen LogP contribution in [0.15, 0.2) is 30.3 Å². The summed E-state index contributed by atoms with van der Waals surface area (Å²) >= 11 is 6.13. The zero-order valence-electron chi connectivity index (χ0n) is 11.2. The highest BCUT2D eigenvalue weighted by Gasteiger charge is 2.16. The number of nitrogens with two attached hydrogens (primary N) is 1. The maximum atomic E-state index is 6.13. The number of rotatable bonds is 3. The molecule has 0 aliphatic heterocycles. The minimum atomic E-state index is 0.417. The lowest BCUT2D eigenvalue weighted by Gasteiger charge is -2.18.